The number of aromatic nitrogens is 2. The number of hydrogen-bond acceptors (Lipinski definition) is 2. The molecular formula is C13H21N3O. The zero-order valence-electron chi connectivity index (χ0n) is 11.1. The highest BCUT2D eigenvalue weighted by molar-refractivity contribution is 5.92. The monoisotopic (exact) mass is 235 g/mol. The zero-order chi connectivity index (χ0) is 13.0. The molecule has 1 rings (SSSR count). The lowest BCUT2D eigenvalue weighted by Crippen LogP contribution is -2.27. The molecule has 0 spiro atoms. The number of hydrogen-bond donors (Lipinski definition) is 1. The van der Waals surface area contributed by atoms with Crippen molar-refractivity contribution in [2.24, 2.45) is 0 Å². The third-order valence-corrected chi connectivity index (χ3v) is 2.47. The van der Waals surface area contributed by atoms with Gasteiger partial charge in [0.05, 0.1) is 5.69 Å². The fourth-order valence-electron chi connectivity index (χ4n) is 1.46. The maximum absolute atomic E-state index is 12.0. The SMILES string of the molecule is C=C(C)CNC(=O)c1cc(C(C)C)nn1CC. The van der Waals surface area contributed by atoms with Crippen molar-refractivity contribution in [1.82, 2.24) is 15.1 Å². The lowest BCUT2D eigenvalue weighted by molar-refractivity contribution is 0.0946. The summed E-state index contributed by atoms with van der Waals surface area (Å²) in [6, 6.07) is 1.86. The highest BCUT2D eigenvalue weighted by Crippen LogP contribution is 2.14. The van der Waals surface area contributed by atoms with E-state index in [0.717, 1.165) is 11.3 Å². The van der Waals surface area contributed by atoms with Gasteiger partial charge in [-0.05, 0) is 25.8 Å². The highest BCUT2D eigenvalue weighted by atomic mass is 16.2. The Balaban J connectivity index is 2.88. The molecule has 0 aliphatic carbocycles. The fourth-order valence-corrected chi connectivity index (χ4v) is 1.46. The van der Waals surface area contributed by atoms with E-state index < -0.39 is 0 Å². The number of nitrogens with one attached hydrogen (secondary N) is 1. The second-order valence-electron chi connectivity index (χ2n) is 4.56. The number of carbonyl (C=O) groups is 1. The van der Waals surface area contributed by atoms with E-state index >= 15 is 0 Å². The molecule has 1 aromatic heterocycles. The third-order valence-electron chi connectivity index (χ3n) is 2.47. The molecule has 0 saturated heterocycles. The van der Waals surface area contributed by atoms with E-state index in [0.29, 0.717) is 24.7 Å². The minimum absolute atomic E-state index is 0.0887. The predicted molar refractivity (Wildman–Crippen MR) is 69.1 cm³/mol. The van der Waals surface area contributed by atoms with Gasteiger partial charge in [0.2, 0.25) is 0 Å². The van der Waals surface area contributed by atoms with Crippen LogP contribution in [0.4, 0.5) is 0 Å². The number of nitrogens with zero attached hydrogens (tertiary/aromatic N) is 2. The normalized spacial score (nSPS) is 10.6. The molecule has 1 heterocycles. The Bertz CT molecular complexity index is 418. The van der Waals surface area contributed by atoms with Crippen molar-refractivity contribution in [3.8, 4) is 0 Å². The molecule has 1 amide bonds. The first-order valence-electron chi connectivity index (χ1n) is 5.96. The van der Waals surface area contributed by atoms with E-state index in [1.165, 1.54) is 0 Å². The van der Waals surface area contributed by atoms with Gasteiger partial charge >= 0.3 is 0 Å². The smallest absolute Gasteiger partial charge is 0.269 e. The van der Waals surface area contributed by atoms with Crippen LogP contribution in [0.5, 0.6) is 0 Å². The standard InChI is InChI=1S/C13H21N3O/c1-6-16-12(7-11(15-16)10(4)5)13(17)14-8-9(2)3/h7,10H,2,6,8H2,1,3-5H3,(H,14,17). The summed E-state index contributed by atoms with van der Waals surface area (Å²) in [5, 5.41) is 7.24. The first-order chi connectivity index (χ1) is 7.95. The largest absolute Gasteiger partial charge is 0.347 e. The van der Waals surface area contributed by atoms with Crippen molar-refractivity contribution in [2.75, 3.05) is 6.54 Å². The van der Waals surface area contributed by atoms with Crippen molar-refractivity contribution in [2.45, 2.75) is 40.2 Å². The van der Waals surface area contributed by atoms with Gasteiger partial charge in [-0.1, -0.05) is 26.0 Å². The van der Waals surface area contributed by atoms with Gasteiger partial charge in [0.15, 0.2) is 0 Å². The molecule has 0 bridgehead atoms. The van der Waals surface area contributed by atoms with Gasteiger partial charge in [-0.25, -0.2) is 0 Å². The predicted octanol–water partition coefficient (Wildman–Crippen LogP) is 2.33. The maximum Gasteiger partial charge on any atom is 0.269 e. The van der Waals surface area contributed by atoms with Crippen LogP contribution in [0.2, 0.25) is 0 Å². The molecule has 0 aromatic carbocycles. The number of amides is 1. The molecule has 17 heavy (non-hydrogen) atoms. The molecule has 0 aliphatic rings. The Morgan fingerprint density at radius 3 is 2.71 bits per heavy atom. The van der Waals surface area contributed by atoms with E-state index in [2.05, 4.69) is 30.8 Å². The molecule has 1 aromatic rings. The van der Waals surface area contributed by atoms with E-state index in [1.54, 1.807) is 4.68 Å². The lowest BCUT2D eigenvalue weighted by Gasteiger charge is -2.05. The van der Waals surface area contributed by atoms with Crippen LogP contribution in [0.3, 0.4) is 0 Å². The molecule has 0 atom stereocenters. The van der Waals surface area contributed by atoms with Crippen LogP contribution in [0.25, 0.3) is 0 Å². The summed E-state index contributed by atoms with van der Waals surface area (Å²) in [4.78, 5) is 12.0. The first kappa shape index (κ1) is 13.5. The summed E-state index contributed by atoms with van der Waals surface area (Å²) in [6.45, 7) is 13.0. The first-order valence-corrected chi connectivity index (χ1v) is 5.96. The van der Waals surface area contributed by atoms with Gasteiger partial charge in [0.1, 0.15) is 5.69 Å². The molecule has 4 nitrogen and oxygen atoms in total. The summed E-state index contributed by atoms with van der Waals surface area (Å²) >= 11 is 0. The fraction of sp³-hybridized carbons (Fsp3) is 0.538. The van der Waals surface area contributed by atoms with Gasteiger partial charge < -0.3 is 5.32 Å². The molecule has 0 saturated carbocycles. The zero-order valence-corrected chi connectivity index (χ0v) is 11.1. The second-order valence-corrected chi connectivity index (χ2v) is 4.56. The molecule has 0 unspecified atom stereocenters. The van der Waals surface area contributed by atoms with Gasteiger partial charge in [0, 0.05) is 13.1 Å². The summed E-state index contributed by atoms with van der Waals surface area (Å²) in [6.07, 6.45) is 0. The summed E-state index contributed by atoms with van der Waals surface area (Å²) in [5.74, 6) is 0.241. The van der Waals surface area contributed by atoms with Crippen LogP contribution in [-0.2, 0) is 6.54 Å². The quantitative estimate of drug-likeness (QED) is 0.796. The van der Waals surface area contributed by atoms with Crippen LogP contribution in [0, 0.1) is 0 Å². The summed E-state index contributed by atoms with van der Waals surface area (Å²) in [7, 11) is 0. The van der Waals surface area contributed by atoms with E-state index in [4.69, 9.17) is 0 Å². The van der Waals surface area contributed by atoms with E-state index in [9.17, 15) is 4.79 Å². The molecule has 0 radical (unpaired) electrons. The van der Waals surface area contributed by atoms with Gasteiger partial charge in [0.25, 0.3) is 5.91 Å². The van der Waals surface area contributed by atoms with Crippen LogP contribution in [-0.4, -0.2) is 22.2 Å². The second kappa shape index (κ2) is 5.66. The Hall–Kier alpha value is -1.58. The van der Waals surface area contributed by atoms with Gasteiger partial charge in [-0.3, -0.25) is 9.48 Å². The van der Waals surface area contributed by atoms with Crippen LogP contribution in [0.15, 0.2) is 18.2 Å². The van der Waals surface area contributed by atoms with Gasteiger partial charge in [-0.2, -0.15) is 5.10 Å². The Labute approximate surface area is 103 Å². The van der Waals surface area contributed by atoms with Crippen LogP contribution in [0.1, 0.15) is 49.8 Å². The molecular weight excluding hydrogens is 214 g/mol. The Morgan fingerprint density at radius 1 is 1.59 bits per heavy atom. The van der Waals surface area contributed by atoms with Crippen molar-refractivity contribution < 1.29 is 4.79 Å². The number of carbonyl (C=O) groups excluding carboxylic acids is 1. The van der Waals surface area contributed by atoms with E-state index in [1.807, 2.05) is 19.9 Å². The molecule has 0 aliphatic heterocycles. The number of rotatable bonds is 5. The average Bonchev–Trinajstić information content (AvgIpc) is 2.69. The number of aryl methyl sites for hydroxylation is 1. The maximum atomic E-state index is 12.0. The molecule has 4 heteroatoms. The molecule has 94 valence electrons. The van der Waals surface area contributed by atoms with Gasteiger partial charge in [-0.15, -0.1) is 0 Å². The van der Waals surface area contributed by atoms with Crippen LogP contribution < -0.4 is 5.32 Å². The minimum Gasteiger partial charge on any atom is -0.347 e. The van der Waals surface area contributed by atoms with Crippen molar-refractivity contribution in [3.63, 3.8) is 0 Å². The molecule has 0 fully saturated rings. The third kappa shape index (κ3) is 3.44. The minimum atomic E-state index is -0.0887. The summed E-state index contributed by atoms with van der Waals surface area (Å²) < 4.78 is 1.74. The van der Waals surface area contributed by atoms with Crippen molar-refractivity contribution in [3.05, 3.63) is 29.6 Å². The van der Waals surface area contributed by atoms with Crippen LogP contribution >= 0.6 is 0 Å². The topological polar surface area (TPSA) is 46.9 Å². The average molecular weight is 235 g/mol. The Kier molecular flexibility index (Phi) is 4.49. The summed E-state index contributed by atoms with van der Waals surface area (Å²) in [5.41, 5.74) is 2.51. The van der Waals surface area contributed by atoms with Crippen molar-refractivity contribution >= 4 is 5.91 Å². The molecule has 1 N–H and O–H groups in total. The highest BCUT2D eigenvalue weighted by Gasteiger charge is 2.15. The van der Waals surface area contributed by atoms with Crippen molar-refractivity contribution in [1.29, 1.82) is 0 Å². The Morgan fingerprint density at radius 2 is 2.24 bits per heavy atom. The lowest BCUT2D eigenvalue weighted by atomic mass is 10.1. The van der Waals surface area contributed by atoms with E-state index in [-0.39, 0.29) is 5.91 Å².